The van der Waals surface area contributed by atoms with Crippen molar-refractivity contribution in [3.63, 3.8) is 0 Å². The van der Waals surface area contributed by atoms with Gasteiger partial charge in [0.25, 0.3) is 0 Å². The fraction of sp³-hybridized carbons (Fsp3) is 0.235. The molecular weight excluding hydrogens is 250 g/mol. The van der Waals surface area contributed by atoms with Crippen molar-refractivity contribution < 1.29 is 9.53 Å². The molecule has 2 aromatic rings. The van der Waals surface area contributed by atoms with Crippen LogP contribution >= 0.6 is 0 Å². The maximum absolute atomic E-state index is 12.6. The van der Waals surface area contributed by atoms with E-state index in [0.717, 1.165) is 36.3 Å². The predicted molar refractivity (Wildman–Crippen MR) is 79.3 cm³/mol. The van der Waals surface area contributed by atoms with Gasteiger partial charge in [-0.1, -0.05) is 11.6 Å². The maximum atomic E-state index is 12.6. The lowest BCUT2D eigenvalue weighted by Gasteiger charge is -2.17. The zero-order chi connectivity index (χ0) is 14.1. The Kier molecular flexibility index (Phi) is 3.18. The van der Waals surface area contributed by atoms with E-state index in [1.165, 1.54) is 0 Å². The van der Waals surface area contributed by atoms with Crippen molar-refractivity contribution in [2.75, 3.05) is 12.3 Å². The Bertz CT molecular complexity index is 677. The summed E-state index contributed by atoms with van der Waals surface area (Å²) in [6, 6.07) is 11.2. The van der Waals surface area contributed by atoms with E-state index in [4.69, 9.17) is 10.5 Å². The predicted octanol–water partition coefficient (Wildman–Crippen LogP) is 3.13. The molecule has 3 nitrogen and oxygen atoms in total. The molecule has 0 fully saturated rings. The van der Waals surface area contributed by atoms with Crippen LogP contribution in [0.1, 0.15) is 33.5 Å². The van der Waals surface area contributed by atoms with E-state index in [-0.39, 0.29) is 5.78 Å². The second kappa shape index (κ2) is 5.00. The lowest BCUT2D eigenvalue weighted by atomic mass is 9.96. The smallest absolute Gasteiger partial charge is 0.195 e. The SMILES string of the molecule is Cc1ccc(N)c(C(=O)c2ccc3c(c2)CCCO3)c1. The van der Waals surface area contributed by atoms with Gasteiger partial charge in [-0.25, -0.2) is 0 Å². The number of benzene rings is 2. The normalized spacial score (nSPS) is 13.4. The van der Waals surface area contributed by atoms with Gasteiger partial charge in [0, 0.05) is 16.8 Å². The number of rotatable bonds is 2. The molecule has 0 radical (unpaired) electrons. The summed E-state index contributed by atoms with van der Waals surface area (Å²) in [5, 5.41) is 0. The number of fused-ring (bicyclic) bond motifs is 1. The van der Waals surface area contributed by atoms with Crippen LogP contribution in [-0.2, 0) is 6.42 Å². The third-order valence-corrected chi connectivity index (χ3v) is 3.62. The van der Waals surface area contributed by atoms with Crippen molar-refractivity contribution in [2.24, 2.45) is 0 Å². The molecule has 0 bridgehead atoms. The van der Waals surface area contributed by atoms with Gasteiger partial charge in [-0.2, -0.15) is 0 Å². The van der Waals surface area contributed by atoms with Crippen molar-refractivity contribution in [3.8, 4) is 5.75 Å². The minimum atomic E-state index is -0.0282. The number of nitrogens with two attached hydrogens (primary N) is 1. The molecule has 1 aliphatic rings. The van der Waals surface area contributed by atoms with Gasteiger partial charge in [0.1, 0.15) is 5.75 Å². The second-order valence-electron chi connectivity index (χ2n) is 5.19. The van der Waals surface area contributed by atoms with Gasteiger partial charge < -0.3 is 10.5 Å². The van der Waals surface area contributed by atoms with Gasteiger partial charge in [0.05, 0.1) is 6.61 Å². The van der Waals surface area contributed by atoms with Crippen LogP contribution in [0.25, 0.3) is 0 Å². The van der Waals surface area contributed by atoms with Gasteiger partial charge in [0.2, 0.25) is 0 Å². The van der Waals surface area contributed by atoms with E-state index in [2.05, 4.69) is 0 Å². The van der Waals surface area contributed by atoms with E-state index in [1.54, 1.807) is 6.07 Å². The highest BCUT2D eigenvalue weighted by atomic mass is 16.5. The zero-order valence-corrected chi connectivity index (χ0v) is 11.5. The zero-order valence-electron chi connectivity index (χ0n) is 11.5. The first-order valence-electron chi connectivity index (χ1n) is 6.82. The number of carbonyl (C=O) groups excluding carboxylic acids is 1. The van der Waals surface area contributed by atoms with Crippen LogP contribution in [0.3, 0.4) is 0 Å². The summed E-state index contributed by atoms with van der Waals surface area (Å²) in [6.45, 7) is 2.71. The minimum absolute atomic E-state index is 0.0282. The Morgan fingerprint density at radius 3 is 2.90 bits per heavy atom. The Morgan fingerprint density at radius 1 is 1.20 bits per heavy atom. The summed E-state index contributed by atoms with van der Waals surface area (Å²) in [6.07, 6.45) is 1.96. The molecule has 0 spiro atoms. The Morgan fingerprint density at radius 2 is 2.05 bits per heavy atom. The highest BCUT2D eigenvalue weighted by molar-refractivity contribution is 6.12. The van der Waals surface area contributed by atoms with Crippen molar-refractivity contribution >= 4 is 11.5 Å². The summed E-state index contributed by atoms with van der Waals surface area (Å²) in [5.41, 5.74) is 9.82. The van der Waals surface area contributed by atoms with Crippen molar-refractivity contribution in [1.82, 2.24) is 0 Å². The number of nitrogen functional groups attached to an aromatic ring is 1. The van der Waals surface area contributed by atoms with Gasteiger partial charge in [0.15, 0.2) is 5.78 Å². The third kappa shape index (κ3) is 2.27. The first-order chi connectivity index (χ1) is 9.65. The highest BCUT2D eigenvalue weighted by Crippen LogP contribution is 2.27. The molecule has 0 atom stereocenters. The molecule has 0 saturated carbocycles. The number of carbonyl (C=O) groups is 1. The largest absolute Gasteiger partial charge is 0.493 e. The van der Waals surface area contributed by atoms with Crippen molar-refractivity contribution in [2.45, 2.75) is 19.8 Å². The number of ether oxygens (including phenoxy) is 1. The quantitative estimate of drug-likeness (QED) is 0.672. The van der Waals surface area contributed by atoms with Crippen LogP contribution in [0, 0.1) is 6.92 Å². The Hall–Kier alpha value is -2.29. The average Bonchev–Trinajstić information content (AvgIpc) is 2.48. The average molecular weight is 267 g/mol. The standard InChI is InChI=1S/C17H17NO2/c1-11-4-6-15(18)14(9-11)17(19)13-5-7-16-12(10-13)3-2-8-20-16/h4-7,9-10H,2-3,8,18H2,1H3. The summed E-state index contributed by atoms with van der Waals surface area (Å²) in [4.78, 5) is 12.6. The molecule has 0 aliphatic carbocycles. The number of hydrogen-bond acceptors (Lipinski definition) is 3. The number of hydrogen-bond donors (Lipinski definition) is 1. The Labute approximate surface area is 118 Å². The third-order valence-electron chi connectivity index (χ3n) is 3.62. The molecule has 102 valence electrons. The molecular formula is C17H17NO2. The highest BCUT2D eigenvalue weighted by Gasteiger charge is 2.16. The van der Waals surface area contributed by atoms with Crippen molar-refractivity contribution in [1.29, 1.82) is 0 Å². The lowest BCUT2D eigenvalue weighted by Crippen LogP contribution is -2.11. The molecule has 20 heavy (non-hydrogen) atoms. The fourth-order valence-corrected chi connectivity index (χ4v) is 2.52. The summed E-state index contributed by atoms with van der Waals surface area (Å²) in [7, 11) is 0. The monoisotopic (exact) mass is 267 g/mol. The second-order valence-corrected chi connectivity index (χ2v) is 5.19. The van der Waals surface area contributed by atoms with E-state index in [1.807, 2.05) is 37.3 Å². The number of aryl methyl sites for hydroxylation is 2. The number of ketones is 1. The summed E-state index contributed by atoms with van der Waals surface area (Å²) < 4.78 is 5.57. The first kappa shape index (κ1) is 12.7. The first-order valence-corrected chi connectivity index (χ1v) is 6.82. The maximum Gasteiger partial charge on any atom is 0.195 e. The van der Waals surface area contributed by atoms with Crippen LogP contribution in [-0.4, -0.2) is 12.4 Å². The molecule has 1 aliphatic heterocycles. The van der Waals surface area contributed by atoms with Crippen LogP contribution in [0.5, 0.6) is 5.75 Å². The molecule has 0 unspecified atom stereocenters. The van der Waals surface area contributed by atoms with Gasteiger partial charge in [-0.15, -0.1) is 0 Å². The van der Waals surface area contributed by atoms with E-state index < -0.39 is 0 Å². The van der Waals surface area contributed by atoms with Crippen LogP contribution in [0.2, 0.25) is 0 Å². The molecule has 0 aromatic heterocycles. The molecule has 2 aromatic carbocycles. The number of anilines is 1. The molecule has 3 heteroatoms. The molecule has 1 heterocycles. The summed E-state index contributed by atoms with van der Waals surface area (Å²) in [5.74, 6) is 0.865. The van der Waals surface area contributed by atoms with Crippen LogP contribution in [0.4, 0.5) is 5.69 Å². The summed E-state index contributed by atoms with van der Waals surface area (Å²) >= 11 is 0. The molecule has 0 amide bonds. The topological polar surface area (TPSA) is 52.3 Å². The molecule has 3 rings (SSSR count). The fourth-order valence-electron chi connectivity index (χ4n) is 2.52. The van der Waals surface area contributed by atoms with Crippen molar-refractivity contribution in [3.05, 3.63) is 58.7 Å². The van der Waals surface area contributed by atoms with Crippen LogP contribution in [0.15, 0.2) is 36.4 Å². The van der Waals surface area contributed by atoms with E-state index in [9.17, 15) is 4.79 Å². The van der Waals surface area contributed by atoms with E-state index >= 15 is 0 Å². The van der Waals surface area contributed by atoms with Crippen LogP contribution < -0.4 is 10.5 Å². The minimum Gasteiger partial charge on any atom is -0.493 e. The van der Waals surface area contributed by atoms with Gasteiger partial charge in [-0.05, 0) is 55.7 Å². The van der Waals surface area contributed by atoms with E-state index in [0.29, 0.717) is 16.8 Å². The molecule has 0 saturated heterocycles. The Balaban J connectivity index is 2.00. The molecule has 2 N–H and O–H groups in total. The van der Waals surface area contributed by atoms with Gasteiger partial charge in [-0.3, -0.25) is 4.79 Å². The lowest BCUT2D eigenvalue weighted by molar-refractivity contribution is 0.103. The van der Waals surface area contributed by atoms with Gasteiger partial charge >= 0.3 is 0 Å².